The van der Waals surface area contributed by atoms with Crippen LogP contribution >= 0.6 is 0 Å². The van der Waals surface area contributed by atoms with Crippen LogP contribution in [0.3, 0.4) is 0 Å². The van der Waals surface area contributed by atoms with E-state index in [4.69, 9.17) is 38.3 Å². The fraction of sp³-hybridized carbons (Fsp3) is 1.00. The first-order valence-electron chi connectivity index (χ1n) is 9.01. The van der Waals surface area contributed by atoms with E-state index in [2.05, 4.69) is 0 Å². The Morgan fingerprint density at radius 1 is 0.615 bits per heavy atom. The third kappa shape index (κ3) is 23.7. The molecule has 0 heterocycles. The molecule has 160 valence electrons. The number of rotatable bonds is 17. The summed E-state index contributed by atoms with van der Waals surface area (Å²) in [6, 6.07) is 0. The average molecular weight is 385 g/mol. The second-order valence-electron chi connectivity index (χ2n) is 5.73. The zero-order chi connectivity index (χ0) is 20.0. The molecular weight excluding hydrogens is 344 g/mol. The summed E-state index contributed by atoms with van der Waals surface area (Å²) >= 11 is 0. The SMILES string of the molecule is COC(C)COC(C)COC(C)CO.COCCOCCOCCOC. The van der Waals surface area contributed by atoms with Crippen molar-refractivity contribution in [1.82, 2.24) is 0 Å². The molecule has 0 bridgehead atoms. The Kier molecular flexibility index (Phi) is 24.4. The van der Waals surface area contributed by atoms with Gasteiger partial charge >= 0.3 is 0 Å². The molecule has 0 saturated heterocycles. The second-order valence-corrected chi connectivity index (χ2v) is 5.73. The molecule has 3 unspecified atom stereocenters. The summed E-state index contributed by atoms with van der Waals surface area (Å²) in [6.07, 6.45) is 0.00946. The molecule has 0 aliphatic heterocycles. The lowest BCUT2D eigenvalue weighted by atomic mass is 10.4. The maximum absolute atomic E-state index is 8.72. The van der Waals surface area contributed by atoms with Crippen LogP contribution < -0.4 is 0 Å². The fourth-order valence-corrected chi connectivity index (χ4v) is 1.37. The van der Waals surface area contributed by atoms with Crippen LogP contribution in [-0.4, -0.2) is 104 Å². The van der Waals surface area contributed by atoms with Gasteiger partial charge in [-0.2, -0.15) is 0 Å². The van der Waals surface area contributed by atoms with Crippen LogP contribution in [0.15, 0.2) is 0 Å². The lowest BCUT2D eigenvalue weighted by molar-refractivity contribution is -0.0677. The third-order valence-corrected chi connectivity index (χ3v) is 3.13. The van der Waals surface area contributed by atoms with Crippen LogP contribution in [0.5, 0.6) is 0 Å². The Morgan fingerprint density at radius 2 is 1.04 bits per heavy atom. The first-order valence-corrected chi connectivity index (χ1v) is 9.01. The van der Waals surface area contributed by atoms with Crippen molar-refractivity contribution in [1.29, 1.82) is 0 Å². The highest BCUT2D eigenvalue weighted by atomic mass is 16.6. The molecule has 0 aliphatic carbocycles. The molecule has 0 aromatic carbocycles. The zero-order valence-corrected chi connectivity index (χ0v) is 17.4. The Bertz CT molecular complexity index is 231. The van der Waals surface area contributed by atoms with Crippen LogP contribution in [-0.2, 0) is 33.2 Å². The number of hydrogen-bond donors (Lipinski definition) is 1. The Balaban J connectivity index is 0. The molecule has 0 rings (SSSR count). The van der Waals surface area contributed by atoms with E-state index in [9.17, 15) is 0 Å². The molecule has 8 nitrogen and oxygen atoms in total. The van der Waals surface area contributed by atoms with Gasteiger partial charge in [0.2, 0.25) is 0 Å². The van der Waals surface area contributed by atoms with Crippen LogP contribution in [0.2, 0.25) is 0 Å². The molecule has 1 N–H and O–H groups in total. The molecule has 0 amide bonds. The summed E-state index contributed by atoms with van der Waals surface area (Å²) in [7, 11) is 4.96. The van der Waals surface area contributed by atoms with Crippen molar-refractivity contribution in [2.75, 3.05) is 80.8 Å². The number of ether oxygens (including phenoxy) is 7. The van der Waals surface area contributed by atoms with Crippen LogP contribution in [0.25, 0.3) is 0 Å². The van der Waals surface area contributed by atoms with E-state index >= 15 is 0 Å². The topological polar surface area (TPSA) is 84.8 Å². The van der Waals surface area contributed by atoms with Gasteiger partial charge in [0.1, 0.15) is 0 Å². The quantitative estimate of drug-likeness (QED) is 0.374. The molecular formula is C18H40O8. The first kappa shape index (κ1) is 27.9. The smallest absolute Gasteiger partial charge is 0.0781 e. The van der Waals surface area contributed by atoms with Crippen molar-refractivity contribution in [3.8, 4) is 0 Å². The Labute approximate surface area is 159 Å². The van der Waals surface area contributed by atoms with Gasteiger partial charge in [-0.05, 0) is 20.8 Å². The van der Waals surface area contributed by atoms with E-state index in [-0.39, 0.29) is 24.9 Å². The molecule has 0 spiro atoms. The number of aliphatic hydroxyl groups excluding tert-OH is 1. The van der Waals surface area contributed by atoms with E-state index in [1.165, 1.54) is 0 Å². The minimum Gasteiger partial charge on any atom is -0.394 e. The largest absolute Gasteiger partial charge is 0.394 e. The number of methoxy groups -OCH3 is 3. The number of hydrogen-bond acceptors (Lipinski definition) is 8. The highest BCUT2D eigenvalue weighted by Gasteiger charge is 2.08. The van der Waals surface area contributed by atoms with E-state index in [1.807, 2.05) is 20.8 Å². The molecule has 0 saturated carbocycles. The standard InChI is InChI=1S/C10H22O4.C8H18O4/c1-8(5-11)13-7-10(3)14-6-9(2)12-4;1-9-3-5-11-7-8-12-6-4-10-2/h8-11H,5-7H2,1-4H3;3-8H2,1-2H3. The van der Waals surface area contributed by atoms with Crippen molar-refractivity contribution in [3.63, 3.8) is 0 Å². The highest BCUT2D eigenvalue weighted by molar-refractivity contribution is 4.53. The van der Waals surface area contributed by atoms with Crippen LogP contribution in [0.4, 0.5) is 0 Å². The average Bonchev–Trinajstić information content (AvgIpc) is 2.66. The van der Waals surface area contributed by atoms with Crippen LogP contribution in [0.1, 0.15) is 20.8 Å². The predicted molar refractivity (Wildman–Crippen MR) is 99.8 cm³/mol. The molecule has 0 aromatic rings. The molecule has 26 heavy (non-hydrogen) atoms. The van der Waals surface area contributed by atoms with E-state index in [0.29, 0.717) is 52.9 Å². The number of aliphatic hydroxyl groups is 1. The zero-order valence-electron chi connectivity index (χ0n) is 17.4. The van der Waals surface area contributed by atoms with Crippen LogP contribution in [0, 0.1) is 0 Å². The summed E-state index contributed by atoms with van der Waals surface area (Å²) < 4.78 is 35.7. The highest BCUT2D eigenvalue weighted by Crippen LogP contribution is 1.98. The molecule has 3 atom stereocenters. The molecule has 0 fully saturated rings. The van der Waals surface area contributed by atoms with Gasteiger partial charge in [0.15, 0.2) is 0 Å². The van der Waals surface area contributed by atoms with Gasteiger partial charge in [0.25, 0.3) is 0 Å². The van der Waals surface area contributed by atoms with E-state index in [1.54, 1.807) is 21.3 Å². The summed E-state index contributed by atoms with van der Waals surface area (Å²) in [5.41, 5.74) is 0. The first-order chi connectivity index (χ1) is 12.5. The Hall–Kier alpha value is -0.320. The van der Waals surface area contributed by atoms with Crippen molar-refractivity contribution in [3.05, 3.63) is 0 Å². The van der Waals surface area contributed by atoms with E-state index < -0.39 is 0 Å². The van der Waals surface area contributed by atoms with Crippen molar-refractivity contribution < 1.29 is 38.3 Å². The van der Waals surface area contributed by atoms with Gasteiger partial charge < -0.3 is 38.3 Å². The molecule has 0 aromatic heterocycles. The normalized spacial score (nSPS) is 14.4. The maximum Gasteiger partial charge on any atom is 0.0781 e. The lowest BCUT2D eigenvalue weighted by Crippen LogP contribution is -2.25. The fourth-order valence-electron chi connectivity index (χ4n) is 1.37. The molecule has 8 heteroatoms. The predicted octanol–water partition coefficient (Wildman–Crippen LogP) is 1.14. The van der Waals surface area contributed by atoms with Crippen molar-refractivity contribution >= 4 is 0 Å². The minimum atomic E-state index is -0.124. The van der Waals surface area contributed by atoms with Gasteiger partial charge in [0, 0.05) is 21.3 Å². The summed E-state index contributed by atoms with van der Waals surface area (Å²) in [5, 5.41) is 8.72. The van der Waals surface area contributed by atoms with E-state index in [0.717, 1.165) is 0 Å². The molecule has 0 radical (unpaired) electrons. The molecule has 0 aliphatic rings. The Morgan fingerprint density at radius 3 is 1.46 bits per heavy atom. The van der Waals surface area contributed by atoms with Gasteiger partial charge in [-0.1, -0.05) is 0 Å². The minimum absolute atomic E-state index is 0.0293. The van der Waals surface area contributed by atoms with Gasteiger partial charge in [-0.25, -0.2) is 0 Å². The summed E-state index contributed by atoms with van der Waals surface area (Å²) in [5.74, 6) is 0. The van der Waals surface area contributed by atoms with Crippen molar-refractivity contribution in [2.45, 2.75) is 39.1 Å². The third-order valence-electron chi connectivity index (χ3n) is 3.13. The summed E-state index contributed by atoms with van der Waals surface area (Å²) in [6.45, 7) is 10.6. The lowest BCUT2D eigenvalue weighted by Gasteiger charge is -2.18. The van der Waals surface area contributed by atoms with Gasteiger partial charge in [-0.3, -0.25) is 0 Å². The second kappa shape index (κ2) is 22.7. The van der Waals surface area contributed by atoms with Gasteiger partial charge in [0.05, 0.1) is 77.8 Å². The monoisotopic (exact) mass is 384 g/mol. The van der Waals surface area contributed by atoms with Gasteiger partial charge in [-0.15, -0.1) is 0 Å². The van der Waals surface area contributed by atoms with Crippen molar-refractivity contribution in [2.24, 2.45) is 0 Å². The summed E-state index contributed by atoms with van der Waals surface area (Å²) in [4.78, 5) is 0. The maximum atomic E-state index is 8.72.